The van der Waals surface area contributed by atoms with Crippen LogP contribution in [0.25, 0.3) is 11.0 Å². The van der Waals surface area contributed by atoms with Gasteiger partial charge in [0.1, 0.15) is 5.52 Å². The summed E-state index contributed by atoms with van der Waals surface area (Å²) in [5, 5.41) is 8.77. The molecule has 1 aromatic carbocycles. The summed E-state index contributed by atoms with van der Waals surface area (Å²) in [5.74, 6) is 0.429. The monoisotopic (exact) mass is 424 g/mol. The fourth-order valence-corrected chi connectivity index (χ4v) is 6.32. The van der Waals surface area contributed by atoms with E-state index in [1.54, 1.807) is 0 Å². The average Bonchev–Trinajstić information content (AvgIpc) is 3.25. The zero-order chi connectivity index (χ0) is 21.0. The molecule has 31 heavy (non-hydrogen) atoms. The molecule has 2 aromatic rings. The Kier molecular flexibility index (Phi) is 6.53. The van der Waals surface area contributed by atoms with E-state index in [0.717, 1.165) is 37.0 Å². The molecule has 0 spiro atoms. The number of carbonyl (C=O) groups is 1. The Labute approximate surface area is 186 Å². The molecule has 0 atom stereocenters. The Balaban J connectivity index is 1.21. The van der Waals surface area contributed by atoms with Gasteiger partial charge in [-0.1, -0.05) is 55.9 Å². The highest BCUT2D eigenvalue weighted by Crippen LogP contribution is 2.30. The fourth-order valence-electron chi connectivity index (χ4n) is 6.32. The second-order valence-corrected chi connectivity index (χ2v) is 10.1. The molecule has 0 bridgehead atoms. The summed E-state index contributed by atoms with van der Waals surface area (Å²) in [6.07, 6.45) is 14.9. The van der Waals surface area contributed by atoms with Gasteiger partial charge < -0.3 is 9.80 Å². The largest absolute Gasteiger partial charge is 0.332 e. The third-order valence-corrected chi connectivity index (χ3v) is 8.01. The van der Waals surface area contributed by atoms with E-state index < -0.39 is 0 Å². The van der Waals surface area contributed by atoms with Gasteiger partial charge in [0.25, 0.3) is 5.91 Å². The third kappa shape index (κ3) is 4.64. The van der Waals surface area contributed by atoms with E-state index in [9.17, 15) is 4.79 Å². The Morgan fingerprint density at radius 1 is 0.903 bits per heavy atom. The molecule has 1 amide bonds. The maximum absolute atomic E-state index is 13.6. The summed E-state index contributed by atoms with van der Waals surface area (Å²) in [6, 6.07) is 9.63. The van der Waals surface area contributed by atoms with Gasteiger partial charge in [-0.15, -0.1) is 5.10 Å². The van der Waals surface area contributed by atoms with Crippen molar-refractivity contribution in [1.82, 2.24) is 19.9 Å². The van der Waals surface area contributed by atoms with Crippen LogP contribution in [0.2, 0.25) is 0 Å². The maximum Gasteiger partial charge on any atom is 0.278 e. The van der Waals surface area contributed by atoms with Crippen molar-refractivity contribution < 1.29 is 9.69 Å². The first-order chi connectivity index (χ1) is 15.3. The van der Waals surface area contributed by atoms with Gasteiger partial charge in [0.15, 0.2) is 6.54 Å². The standard InChI is InChI=1S/C25H37N5O/c31-25(29(20-9-3-1-4-10-20)21-11-5-2-6-12-21)19-28-17-15-22(16-18-28)30-24-14-8-7-13-23(24)26-27-30/h7-8,13-14,20-22H,1-6,9-12,15-19H2/p+1. The second-order valence-electron chi connectivity index (χ2n) is 10.1. The number of nitrogens with zero attached hydrogens (tertiary/aromatic N) is 4. The summed E-state index contributed by atoms with van der Waals surface area (Å²) < 4.78 is 2.12. The smallest absolute Gasteiger partial charge is 0.278 e. The highest BCUT2D eigenvalue weighted by molar-refractivity contribution is 5.78. The van der Waals surface area contributed by atoms with Crippen LogP contribution in [0.1, 0.15) is 83.1 Å². The van der Waals surface area contributed by atoms with Crippen molar-refractivity contribution in [1.29, 1.82) is 0 Å². The maximum atomic E-state index is 13.6. The van der Waals surface area contributed by atoms with Crippen LogP contribution in [0.3, 0.4) is 0 Å². The fraction of sp³-hybridized carbons (Fsp3) is 0.720. The van der Waals surface area contributed by atoms with E-state index in [1.807, 2.05) is 12.1 Å². The van der Waals surface area contributed by atoms with E-state index >= 15 is 0 Å². The van der Waals surface area contributed by atoms with Crippen molar-refractivity contribution in [3.05, 3.63) is 24.3 Å². The van der Waals surface area contributed by atoms with Crippen molar-refractivity contribution in [2.24, 2.45) is 0 Å². The van der Waals surface area contributed by atoms with Crippen LogP contribution in [-0.2, 0) is 4.79 Å². The first kappa shape index (κ1) is 20.9. The number of rotatable bonds is 5. The number of quaternary nitrogens is 1. The molecule has 5 rings (SSSR count). The summed E-state index contributed by atoms with van der Waals surface area (Å²) in [4.78, 5) is 17.4. The quantitative estimate of drug-likeness (QED) is 0.802. The van der Waals surface area contributed by atoms with E-state index in [4.69, 9.17) is 0 Å². The van der Waals surface area contributed by atoms with Crippen LogP contribution in [0.15, 0.2) is 24.3 Å². The number of para-hydroxylation sites is 1. The molecule has 1 saturated heterocycles. The predicted octanol–water partition coefficient (Wildman–Crippen LogP) is 3.15. The van der Waals surface area contributed by atoms with Gasteiger partial charge in [0.05, 0.1) is 24.6 Å². The number of benzene rings is 1. The van der Waals surface area contributed by atoms with E-state index in [-0.39, 0.29) is 0 Å². The van der Waals surface area contributed by atoms with Crippen LogP contribution >= 0.6 is 0 Å². The van der Waals surface area contributed by atoms with Crippen LogP contribution in [0.5, 0.6) is 0 Å². The van der Waals surface area contributed by atoms with Gasteiger partial charge in [-0.05, 0) is 37.8 Å². The van der Waals surface area contributed by atoms with Crippen molar-refractivity contribution in [2.75, 3.05) is 19.6 Å². The minimum Gasteiger partial charge on any atom is -0.332 e. The second kappa shape index (κ2) is 9.68. The molecule has 0 radical (unpaired) electrons. The number of amides is 1. The van der Waals surface area contributed by atoms with E-state index in [0.29, 0.717) is 30.6 Å². The number of piperidine rings is 1. The molecule has 2 saturated carbocycles. The molecule has 2 aliphatic carbocycles. The van der Waals surface area contributed by atoms with E-state index in [2.05, 4.69) is 32.0 Å². The normalized spacial score (nSPS) is 26.2. The Morgan fingerprint density at radius 3 is 2.16 bits per heavy atom. The highest BCUT2D eigenvalue weighted by Gasteiger charge is 2.35. The molecule has 6 nitrogen and oxygen atoms in total. The SMILES string of the molecule is O=C(C[NH+]1CCC(n2nnc3ccccc32)CC1)N(C1CCCCC1)C1CCCCC1. The Bertz CT molecular complexity index is 842. The molecule has 0 unspecified atom stereocenters. The first-order valence-corrected chi connectivity index (χ1v) is 12.7. The lowest BCUT2D eigenvalue weighted by Gasteiger charge is -2.42. The number of hydrogen-bond donors (Lipinski definition) is 1. The van der Waals surface area contributed by atoms with Crippen LogP contribution < -0.4 is 4.90 Å². The molecule has 6 heteroatoms. The summed E-state index contributed by atoms with van der Waals surface area (Å²) in [7, 11) is 0. The molecule has 168 valence electrons. The lowest BCUT2D eigenvalue weighted by Crippen LogP contribution is -3.14. The minimum atomic E-state index is 0.402. The molecular weight excluding hydrogens is 386 g/mol. The first-order valence-electron chi connectivity index (χ1n) is 12.7. The average molecular weight is 425 g/mol. The molecule has 1 aliphatic heterocycles. The van der Waals surface area contributed by atoms with Crippen molar-refractivity contribution in [3.63, 3.8) is 0 Å². The Morgan fingerprint density at radius 2 is 1.52 bits per heavy atom. The van der Waals surface area contributed by atoms with Gasteiger partial charge in [0, 0.05) is 24.9 Å². The molecule has 1 aromatic heterocycles. The molecule has 3 aliphatic rings. The van der Waals surface area contributed by atoms with Crippen molar-refractivity contribution in [2.45, 2.75) is 95.2 Å². The van der Waals surface area contributed by atoms with Gasteiger partial charge in [0.2, 0.25) is 0 Å². The third-order valence-electron chi connectivity index (χ3n) is 8.01. The van der Waals surface area contributed by atoms with Crippen molar-refractivity contribution >= 4 is 16.9 Å². The zero-order valence-corrected chi connectivity index (χ0v) is 18.8. The summed E-state index contributed by atoms with van der Waals surface area (Å²) >= 11 is 0. The van der Waals surface area contributed by atoms with Gasteiger partial charge >= 0.3 is 0 Å². The summed E-state index contributed by atoms with van der Waals surface area (Å²) in [5.41, 5.74) is 2.11. The predicted molar refractivity (Wildman–Crippen MR) is 122 cm³/mol. The van der Waals surface area contributed by atoms with Gasteiger partial charge in [-0.3, -0.25) is 4.79 Å². The number of aromatic nitrogens is 3. The lowest BCUT2D eigenvalue weighted by molar-refractivity contribution is -0.898. The van der Waals surface area contributed by atoms with Crippen LogP contribution in [-0.4, -0.2) is 57.5 Å². The zero-order valence-electron chi connectivity index (χ0n) is 18.8. The summed E-state index contributed by atoms with van der Waals surface area (Å²) in [6.45, 7) is 2.78. The van der Waals surface area contributed by atoms with Crippen LogP contribution in [0, 0.1) is 0 Å². The van der Waals surface area contributed by atoms with Crippen molar-refractivity contribution in [3.8, 4) is 0 Å². The molecule has 3 fully saturated rings. The molecule has 2 heterocycles. The number of hydrogen-bond acceptors (Lipinski definition) is 3. The highest BCUT2D eigenvalue weighted by atomic mass is 16.2. The van der Waals surface area contributed by atoms with Crippen LogP contribution in [0.4, 0.5) is 0 Å². The van der Waals surface area contributed by atoms with Gasteiger partial charge in [-0.2, -0.15) is 0 Å². The number of carbonyl (C=O) groups excluding carboxylic acids is 1. The van der Waals surface area contributed by atoms with E-state index in [1.165, 1.54) is 69.1 Å². The topological polar surface area (TPSA) is 55.5 Å². The minimum absolute atomic E-state index is 0.402. The Hall–Kier alpha value is -1.95. The number of likely N-dealkylation sites (tertiary alicyclic amines) is 1. The lowest BCUT2D eigenvalue weighted by atomic mass is 9.88. The number of nitrogens with one attached hydrogen (secondary N) is 1. The molecular formula is C25H38N5O+. The van der Waals surface area contributed by atoms with Gasteiger partial charge in [-0.25, -0.2) is 4.68 Å². The number of fused-ring (bicyclic) bond motifs is 1. The molecule has 1 N–H and O–H groups in total.